The van der Waals surface area contributed by atoms with E-state index in [0.29, 0.717) is 18.6 Å². The summed E-state index contributed by atoms with van der Waals surface area (Å²) in [5.74, 6) is -0.597. The van der Waals surface area contributed by atoms with E-state index < -0.39 is 17.6 Å². The molecule has 0 aliphatic heterocycles. The summed E-state index contributed by atoms with van der Waals surface area (Å²) < 4.78 is 54.2. The maximum atomic E-state index is 13.2. The summed E-state index contributed by atoms with van der Waals surface area (Å²) in [5, 5.41) is 10.0. The van der Waals surface area contributed by atoms with Crippen molar-refractivity contribution in [2.24, 2.45) is 4.99 Å². The molecule has 0 aliphatic rings. The summed E-state index contributed by atoms with van der Waals surface area (Å²) in [6.07, 6.45) is -1.10. The van der Waals surface area contributed by atoms with Crippen LogP contribution >= 0.6 is 0 Å². The number of halogens is 4. The molecule has 0 aliphatic carbocycles. The number of hydrogen-bond acceptors (Lipinski definition) is 2. The first-order chi connectivity index (χ1) is 13.9. The Kier molecular flexibility index (Phi) is 6.16. The van der Waals surface area contributed by atoms with E-state index in [2.05, 4.69) is 20.7 Å². The van der Waals surface area contributed by atoms with Crippen LogP contribution in [0.5, 0.6) is 0 Å². The summed E-state index contributed by atoms with van der Waals surface area (Å²) in [6.45, 7) is 0.279. The quantitative estimate of drug-likeness (QED) is 0.385. The van der Waals surface area contributed by atoms with Gasteiger partial charge in [-0.05, 0) is 41.5 Å². The lowest BCUT2D eigenvalue weighted by atomic mass is 10.1. The Bertz CT molecular complexity index is 964. The second-order valence-electron chi connectivity index (χ2n) is 6.20. The Balaban J connectivity index is 1.59. The van der Waals surface area contributed by atoms with Gasteiger partial charge >= 0.3 is 6.18 Å². The maximum absolute atomic E-state index is 13.2. The molecule has 0 atom stereocenters. The van der Waals surface area contributed by atoms with Crippen LogP contribution in [0.1, 0.15) is 16.7 Å². The number of aromatic nitrogens is 2. The molecule has 0 bridgehead atoms. The average Bonchev–Trinajstić information content (AvgIpc) is 3.23. The van der Waals surface area contributed by atoms with Crippen LogP contribution in [0.4, 0.5) is 17.6 Å². The Morgan fingerprint density at radius 2 is 1.79 bits per heavy atom. The van der Waals surface area contributed by atoms with E-state index in [9.17, 15) is 17.6 Å². The fraction of sp³-hybridized carbons (Fsp3) is 0.200. The highest BCUT2D eigenvalue weighted by Gasteiger charge is 2.33. The van der Waals surface area contributed by atoms with Crippen molar-refractivity contribution < 1.29 is 17.6 Å². The van der Waals surface area contributed by atoms with Gasteiger partial charge in [0.25, 0.3) is 0 Å². The van der Waals surface area contributed by atoms with E-state index in [0.717, 1.165) is 23.4 Å². The van der Waals surface area contributed by atoms with Gasteiger partial charge in [0.1, 0.15) is 5.82 Å². The van der Waals surface area contributed by atoms with Gasteiger partial charge in [0, 0.05) is 32.5 Å². The second kappa shape index (κ2) is 8.76. The van der Waals surface area contributed by atoms with Crippen LogP contribution in [0.15, 0.2) is 65.9 Å². The van der Waals surface area contributed by atoms with Gasteiger partial charge in [-0.15, -0.1) is 0 Å². The van der Waals surface area contributed by atoms with Gasteiger partial charge in [0.05, 0.1) is 11.3 Å². The summed E-state index contributed by atoms with van der Waals surface area (Å²) in [6, 6.07) is 12.1. The molecule has 0 spiro atoms. The second-order valence-corrected chi connectivity index (χ2v) is 6.20. The van der Waals surface area contributed by atoms with Crippen LogP contribution in [-0.2, 0) is 19.3 Å². The highest BCUT2D eigenvalue weighted by atomic mass is 19.4. The molecule has 2 aromatic carbocycles. The fourth-order valence-electron chi connectivity index (χ4n) is 2.74. The molecule has 0 saturated heterocycles. The van der Waals surface area contributed by atoms with Gasteiger partial charge in [-0.2, -0.15) is 18.3 Å². The number of nitrogens with zero attached hydrogens (tertiary/aromatic N) is 3. The number of benzene rings is 2. The Morgan fingerprint density at radius 3 is 2.41 bits per heavy atom. The molecule has 1 aromatic heterocycles. The first kappa shape index (κ1) is 20.4. The third-order valence-electron chi connectivity index (χ3n) is 4.21. The number of hydrogen-bond donors (Lipinski definition) is 2. The van der Waals surface area contributed by atoms with Crippen molar-refractivity contribution in [3.8, 4) is 5.69 Å². The number of alkyl halides is 3. The average molecular weight is 405 g/mol. The molecule has 0 fully saturated rings. The Morgan fingerprint density at radius 1 is 1.07 bits per heavy atom. The summed E-state index contributed by atoms with van der Waals surface area (Å²) in [7, 11) is 1.52. The third kappa shape index (κ3) is 5.34. The first-order valence-electron chi connectivity index (χ1n) is 8.76. The number of nitrogens with one attached hydrogen (secondary N) is 2. The number of rotatable bonds is 5. The van der Waals surface area contributed by atoms with Crippen molar-refractivity contribution in [1.29, 1.82) is 0 Å². The Hall–Kier alpha value is -3.36. The van der Waals surface area contributed by atoms with Crippen LogP contribution in [0.25, 0.3) is 5.69 Å². The minimum absolute atomic E-state index is 0.0644. The van der Waals surface area contributed by atoms with Crippen LogP contribution in [0, 0.1) is 5.82 Å². The standard InChI is InChI=1S/C20H19F4N5/c1-25-19(27-13-15-5-6-16(21)11-18(15)20(22,23)24)26-12-14-3-7-17(8-4-14)29-10-2-9-28-29/h2-11H,12-13H2,1H3,(H2,25,26,27). The molecule has 0 unspecified atom stereocenters. The molecule has 1 heterocycles. The molecule has 2 N–H and O–H groups in total. The van der Waals surface area contributed by atoms with Crippen LogP contribution in [0.3, 0.4) is 0 Å². The van der Waals surface area contributed by atoms with Gasteiger partial charge in [-0.3, -0.25) is 4.99 Å². The summed E-state index contributed by atoms with van der Waals surface area (Å²) in [5.41, 5.74) is 0.805. The summed E-state index contributed by atoms with van der Waals surface area (Å²) >= 11 is 0. The highest BCUT2D eigenvalue weighted by molar-refractivity contribution is 5.79. The van der Waals surface area contributed by atoms with Crippen LogP contribution in [0.2, 0.25) is 0 Å². The van der Waals surface area contributed by atoms with Crippen molar-refractivity contribution >= 4 is 5.96 Å². The van der Waals surface area contributed by atoms with Gasteiger partial charge < -0.3 is 10.6 Å². The smallest absolute Gasteiger partial charge is 0.352 e. The molecular formula is C20H19F4N5. The van der Waals surface area contributed by atoms with Gasteiger partial charge in [-0.25, -0.2) is 9.07 Å². The highest BCUT2D eigenvalue weighted by Crippen LogP contribution is 2.32. The molecule has 3 rings (SSSR count). The SMILES string of the molecule is CN=C(NCc1ccc(-n2cccn2)cc1)NCc1ccc(F)cc1C(F)(F)F. The van der Waals surface area contributed by atoms with E-state index in [-0.39, 0.29) is 12.1 Å². The molecule has 9 heteroatoms. The van der Waals surface area contributed by atoms with Crippen molar-refractivity contribution in [3.63, 3.8) is 0 Å². The normalized spacial score (nSPS) is 12.1. The monoisotopic (exact) mass is 405 g/mol. The van der Waals surface area contributed by atoms with Crippen molar-refractivity contribution in [2.45, 2.75) is 19.3 Å². The van der Waals surface area contributed by atoms with Crippen molar-refractivity contribution in [2.75, 3.05) is 7.05 Å². The van der Waals surface area contributed by atoms with Crippen LogP contribution < -0.4 is 10.6 Å². The molecule has 0 radical (unpaired) electrons. The van der Waals surface area contributed by atoms with E-state index in [1.165, 1.54) is 7.05 Å². The zero-order valence-corrected chi connectivity index (χ0v) is 15.5. The Labute approximate surface area is 165 Å². The van der Waals surface area contributed by atoms with Crippen molar-refractivity contribution in [1.82, 2.24) is 20.4 Å². The van der Waals surface area contributed by atoms with Crippen LogP contribution in [-0.4, -0.2) is 22.8 Å². The first-order valence-corrected chi connectivity index (χ1v) is 8.76. The minimum Gasteiger partial charge on any atom is -0.352 e. The zero-order valence-electron chi connectivity index (χ0n) is 15.5. The minimum atomic E-state index is -4.63. The van der Waals surface area contributed by atoms with E-state index >= 15 is 0 Å². The molecule has 5 nitrogen and oxygen atoms in total. The molecule has 29 heavy (non-hydrogen) atoms. The van der Waals surface area contributed by atoms with Gasteiger partial charge in [-0.1, -0.05) is 18.2 Å². The lowest BCUT2D eigenvalue weighted by Gasteiger charge is -2.16. The lowest BCUT2D eigenvalue weighted by molar-refractivity contribution is -0.138. The number of aliphatic imine (C=N–C) groups is 1. The molecule has 0 saturated carbocycles. The molecule has 3 aromatic rings. The molecular weight excluding hydrogens is 386 g/mol. The van der Waals surface area contributed by atoms with Gasteiger partial charge in [0.2, 0.25) is 0 Å². The largest absolute Gasteiger partial charge is 0.416 e. The topological polar surface area (TPSA) is 54.2 Å². The predicted octanol–water partition coefficient (Wildman–Crippen LogP) is 3.90. The van der Waals surface area contributed by atoms with E-state index in [4.69, 9.17) is 0 Å². The van der Waals surface area contributed by atoms with E-state index in [1.807, 2.05) is 36.5 Å². The third-order valence-corrected chi connectivity index (χ3v) is 4.21. The van der Waals surface area contributed by atoms with Crippen molar-refractivity contribution in [3.05, 3.63) is 83.4 Å². The lowest BCUT2D eigenvalue weighted by Crippen LogP contribution is -2.36. The predicted molar refractivity (Wildman–Crippen MR) is 102 cm³/mol. The fourth-order valence-corrected chi connectivity index (χ4v) is 2.74. The number of guanidine groups is 1. The summed E-state index contributed by atoms with van der Waals surface area (Å²) in [4.78, 5) is 4.01. The van der Waals surface area contributed by atoms with Gasteiger partial charge in [0.15, 0.2) is 5.96 Å². The molecule has 0 amide bonds. The molecule has 152 valence electrons. The van der Waals surface area contributed by atoms with E-state index in [1.54, 1.807) is 10.9 Å². The maximum Gasteiger partial charge on any atom is 0.416 e. The zero-order chi connectivity index (χ0) is 20.9.